The van der Waals surface area contributed by atoms with Crippen molar-refractivity contribution < 1.29 is 14.3 Å². The summed E-state index contributed by atoms with van der Waals surface area (Å²) in [6.07, 6.45) is 0. The summed E-state index contributed by atoms with van der Waals surface area (Å²) in [5, 5.41) is 6.89. The van der Waals surface area contributed by atoms with Crippen molar-refractivity contribution in [3.8, 4) is 11.5 Å². The minimum atomic E-state index is -0.280. The molecule has 3 N–H and O–H groups in total. The third kappa shape index (κ3) is 1.93. The third-order valence-corrected chi connectivity index (χ3v) is 3.14. The number of nitrogen functional groups attached to an aromatic ring is 1. The molecule has 1 aliphatic heterocycles. The van der Waals surface area contributed by atoms with Crippen molar-refractivity contribution in [3.63, 3.8) is 0 Å². The van der Waals surface area contributed by atoms with Gasteiger partial charge in [-0.25, -0.2) is 0 Å². The van der Waals surface area contributed by atoms with E-state index >= 15 is 0 Å². The van der Waals surface area contributed by atoms with Crippen molar-refractivity contribution in [1.82, 2.24) is 9.78 Å². The Labute approximate surface area is 115 Å². The minimum Gasteiger partial charge on any atom is -0.454 e. The number of benzene rings is 1. The highest BCUT2D eigenvalue weighted by molar-refractivity contribution is 6.05. The number of hydrogen-bond donors (Lipinski definition) is 2. The molecule has 7 nitrogen and oxygen atoms in total. The van der Waals surface area contributed by atoms with Gasteiger partial charge in [0, 0.05) is 12.6 Å². The fourth-order valence-electron chi connectivity index (χ4n) is 2.04. The van der Waals surface area contributed by atoms with Gasteiger partial charge in [-0.15, -0.1) is 0 Å². The molecule has 20 heavy (non-hydrogen) atoms. The van der Waals surface area contributed by atoms with E-state index in [2.05, 4.69) is 10.4 Å². The van der Waals surface area contributed by atoms with Crippen LogP contribution in [0.3, 0.4) is 0 Å². The number of hydrogen-bond acceptors (Lipinski definition) is 5. The van der Waals surface area contributed by atoms with Crippen LogP contribution in [0.5, 0.6) is 11.5 Å². The maximum absolute atomic E-state index is 12.2. The standard InChI is InChI=1S/C13H14N4O3/c1-7-11(14)12(17(2)16-7)15-13(18)8-3-4-9-10(5-8)20-6-19-9/h3-5H,6,14H2,1-2H3,(H,15,18). The van der Waals surface area contributed by atoms with Crippen LogP contribution in [0.1, 0.15) is 16.1 Å². The van der Waals surface area contributed by atoms with Gasteiger partial charge in [0.05, 0.1) is 11.4 Å². The van der Waals surface area contributed by atoms with Gasteiger partial charge in [-0.2, -0.15) is 5.10 Å². The highest BCUT2D eigenvalue weighted by atomic mass is 16.7. The molecule has 0 unspecified atom stereocenters. The Morgan fingerprint density at radius 1 is 1.40 bits per heavy atom. The van der Waals surface area contributed by atoms with Crippen molar-refractivity contribution in [1.29, 1.82) is 0 Å². The van der Waals surface area contributed by atoms with Crippen molar-refractivity contribution in [2.24, 2.45) is 7.05 Å². The molecule has 0 spiro atoms. The minimum absolute atomic E-state index is 0.175. The molecule has 0 saturated carbocycles. The zero-order valence-corrected chi connectivity index (χ0v) is 11.1. The van der Waals surface area contributed by atoms with Gasteiger partial charge in [-0.05, 0) is 25.1 Å². The molecule has 2 heterocycles. The number of amides is 1. The van der Waals surface area contributed by atoms with E-state index < -0.39 is 0 Å². The first-order valence-corrected chi connectivity index (χ1v) is 6.06. The normalized spacial score (nSPS) is 12.5. The Morgan fingerprint density at radius 3 is 2.85 bits per heavy atom. The number of rotatable bonds is 2. The summed E-state index contributed by atoms with van der Waals surface area (Å²) in [6, 6.07) is 5.01. The first-order chi connectivity index (χ1) is 9.56. The van der Waals surface area contributed by atoms with E-state index in [-0.39, 0.29) is 12.7 Å². The summed E-state index contributed by atoms with van der Waals surface area (Å²) >= 11 is 0. The van der Waals surface area contributed by atoms with Gasteiger partial charge in [0.2, 0.25) is 6.79 Å². The van der Waals surface area contributed by atoms with Gasteiger partial charge in [-0.3, -0.25) is 9.48 Å². The van der Waals surface area contributed by atoms with Gasteiger partial charge in [0.1, 0.15) is 0 Å². The maximum atomic E-state index is 12.2. The first kappa shape index (κ1) is 12.3. The SMILES string of the molecule is Cc1nn(C)c(NC(=O)c2ccc3c(c2)OCO3)c1N. The quantitative estimate of drug-likeness (QED) is 0.861. The van der Waals surface area contributed by atoms with E-state index in [0.717, 1.165) is 0 Å². The second kappa shape index (κ2) is 4.44. The molecule has 0 aliphatic carbocycles. The number of carbonyl (C=O) groups is 1. The number of aryl methyl sites for hydroxylation is 2. The molecule has 0 saturated heterocycles. The average Bonchev–Trinajstić information content (AvgIpc) is 2.98. The van der Waals surface area contributed by atoms with Gasteiger partial charge in [0.15, 0.2) is 17.3 Å². The van der Waals surface area contributed by atoms with Crippen LogP contribution < -0.4 is 20.5 Å². The van der Waals surface area contributed by atoms with Gasteiger partial charge < -0.3 is 20.5 Å². The highest BCUT2D eigenvalue weighted by Gasteiger charge is 2.18. The second-order valence-corrected chi connectivity index (χ2v) is 4.49. The Balaban J connectivity index is 1.86. The van der Waals surface area contributed by atoms with Gasteiger partial charge in [0.25, 0.3) is 5.91 Å². The van der Waals surface area contributed by atoms with Crippen molar-refractivity contribution in [2.75, 3.05) is 17.8 Å². The van der Waals surface area contributed by atoms with Crippen LogP contribution in [0.25, 0.3) is 0 Å². The first-order valence-electron chi connectivity index (χ1n) is 6.06. The summed E-state index contributed by atoms with van der Waals surface area (Å²) < 4.78 is 12.0. The van der Waals surface area contributed by atoms with Crippen LogP contribution in [0.2, 0.25) is 0 Å². The van der Waals surface area contributed by atoms with Gasteiger partial charge >= 0.3 is 0 Å². The summed E-state index contributed by atoms with van der Waals surface area (Å²) in [5.41, 5.74) is 7.48. The number of anilines is 2. The lowest BCUT2D eigenvalue weighted by Crippen LogP contribution is -2.15. The van der Waals surface area contributed by atoms with Crippen LogP contribution in [0.15, 0.2) is 18.2 Å². The predicted molar refractivity (Wildman–Crippen MR) is 72.9 cm³/mol. The number of nitrogens with one attached hydrogen (secondary N) is 1. The third-order valence-electron chi connectivity index (χ3n) is 3.14. The van der Waals surface area contributed by atoms with E-state index in [9.17, 15) is 4.79 Å². The number of ether oxygens (including phenoxy) is 2. The molecule has 0 radical (unpaired) electrons. The number of aromatic nitrogens is 2. The van der Waals surface area contributed by atoms with Crippen LogP contribution in [0, 0.1) is 6.92 Å². The summed E-state index contributed by atoms with van der Waals surface area (Å²) in [4.78, 5) is 12.2. The molecule has 1 aromatic heterocycles. The van der Waals surface area contributed by atoms with Crippen molar-refractivity contribution in [3.05, 3.63) is 29.5 Å². The van der Waals surface area contributed by atoms with Crippen LogP contribution in [0.4, 0.5) is 11.5 Å². The molecule has 0 fully saturated rings. The van der Waals surface area contributed by atoms with E-state index in [0.29, 0.717) is 34.3 Å². The lowest BCUT2D eigenvalue weighted by Gasteiger charge is -2.07. The molecule has 0 atom stereocenters. The van der Waals surface area contributed by atoms with Crippen molar-refractivity contribution >= 4 is 17.4 Å². The Morgan fingerprint density at radius 2 is 2.15 bits per heavy atom. The molecular formula is C13H14N4O3. The molecule has 1 aliphatic rings. The fourth-order valence-corrected chi connectivity index (χ4v) is 2.04. The molecule has 2 aromatic rings. The molecule has 1 aromatic carbocycles. The maximum Gasteiger partial charge on any atom is 0.257 e. The van der Waals surface area contributed by atoms with E-state index in [1.54, 1.807) is 32.2 Å². The molecule has 1 amide bonds. The van der Waals surface area contributed by atoms with Gasteiger partial charge in [-0.1, -0.05) is 0 Å². The number of carbonyl (C=O) groups excluding carboxylic acids is 1. The summed E-state index contributed by atoms with van der Waals surface area (Å²) in [7, 11) is 1.72. The van der Waals surface area contributed by atoms with Crippen LogP contribution in [-0.2, 0) is 7.05 Å². The highest BCUT2D eigenvalue weighted by Crippen LogP contribution is 2.32. The smallest absolute Gasteiger partial charge is 0.257 e. The zero-order chi connectivity index (χ0) is 14.3. The van der Waals surface area contributed by atoms with E-state index in [1.165, 1.54) is 4.68 Å². The largest absolute Gasteiger partial charge is 0.454 e. The Kier molecular flexibility index (Phi) is 2.74. The molecule has 7 heteroatoms. The zero-order valence-electron chi connectivity index (χ0n) is 11.1. The topological polar surface area (TPSA) is 91.4 Å². The summed E-state index contributed by atoms with van der Waals surface area (Å²) in [6.45, 7) is 1.96. The van der Waals surface area contributed by atoms with Crippen LogP contribution in [-0.4, -0.2) is 22.5 Å². The second-order valence-electron chi connectivity index (χ2n) is 4.49. The van der Waals surface area contributed by atoms with Crippen LogP contribution >= 0.6 is 0 Å². The lowest BCUT2D eigenvalue weighted by molar-refractivity contribution is 0.102. The van der Waals surface area contributed by atoms with E-state index in [1.807, 2.05) is 0 Å². The summed E-state index contributed by atoms with van der Waals surface area (Å²) in [5.74, 6) is 1.40. The number of fused-ring (bicyclic) bond motifs is 1. The monoisotopic (exact) mass is 274 g/mol. The molecular weight excluding hydrogens is 260 g/mol. The Bertz CT molecular complexity index is 693. The predicted octanol–water partition coefficient (Wildman–Crippen LogP) is 1.29. The number of nitrogens with two attached hydrogens (primary N) is 1. The molecule has 3 rings (SSSR count). The number of nitrogens with zero attached hydrogens (tertiary/aromatic N) is 2. The fraction of sp³-hybridized carbons (Fsp3) is 0.231. The average molecular weight is 274 g/mol. The Hall–Kier alpha value is -2.70. The molecule has 0 bridgehead atoms. The lowest BCUT2D eigenvalue weighted by atomic mass is 10.2. The molecule has 104 valence electrons. The van der Waals surface area contributed by atoms with Crippen molar-refractivity contribution in [2.45, 2.75) is 6.92 Å². The van der Waals surface area contributed by atoms with E-state index in [4.69, 9.17) is 15.2 Å².